The zero-order chi connectivity index (χ0) is 11.7. The Balaban J connectivity index is 2.60. The minimum atomic E-state index is -1.23. The second kappa shape index (κ2) is 3.86. The summed E-state index contributed by atoms with van der Waals surface area (Å²) >= 11 is 5.56. The van der Waals surface area contributed by atoms with Gasteiger partial charge in [0.1, 0.15) is 17.0 Å². The number of halogens is 1. The van der Waals surface area contributed by atoms with Gasteiger partial charge in [-0.2, -0.15) is 0 Å². The zero-order valence-electron chi connectivity index (χ0n) is 7.85. The predicted octanol–water partition coefficient (Wildman–Crippen LogP) is 2.40. The van der Waals surface area contributed by atoms with Gasteiger partial charge in [0.25, 0.3) is 0 Å². The van der Waals surface area contributed by atoms with Crippen LogP contribution in [0.3, 0.4) is 0 Å². The zero-order valence-corrected chi connectivity index (χ0v) is 8.60. The summed E-state index contributed by atoms with van der Waals surface area (Å²) in [5.74, 6) is -1.22. The molecule has 82 valence electrons. The summed E-state index contributed by atoms with van der Waals surface area (Å²) in [4.78, 5) is 10.9. The molecule has 0 amide bonds. The number of rotatable bonds is 2. The van der Waals surface area contributed by atoms with Gasteiger partial charge >= 0.3 is 5.97 Å². The summed E-state index contributed by atoms with van der Waals surface area (Å²) in [6.45, 7) is 0. The van der Waals surface area contributed by atoms with Crippen LogP contribution in [-0.2, 0) is 0 Å². The molecule has 2 rings (SSSR count). The van der Waals surface area contributed by atoms with E-state index < -0.39 is 5.97 Å². The van der Waals surface area contributed by atoms with Crippen molar-refractivity contribution in [1.82, 2.24) is 5.16 Å². The summed E-state index contributed by atoms with van der Waals surface area (Å²) in [5, 5.41) is 21.5. The van der Waals surface area contributed by atoms with Crippen LogP contribution in [0.2, 0.25) is 5.22 Å². The highest BCUT2D eigenvalue weighted by Gasteiger charge is 2.22. The van der Waals surface area contributed by atoms with E-state index in [1.807, 2.05) is 0 Å². The predicted molar refractivity (Wildman–Crippen MR) is 55.6 cm³/mol. The first-order valence-electron chi connectivity index (χ1n) is 4.27. The van der Waals surface area contributed by atoms with Crippen LogP contribution in [0.5, 0.6) is 5.75 Å². The Bertz CT molecular complexity index is 550. The molecule has 1 aromatic heterocycles. The Labute approximate surface area is 94.9 Å². The van der Waals surface area contributed by atoms with E-state index in [1.165, 1.54) is 12.1 Å². The van der Waals surface area contributed by atoms with E-state index >= 15 is 0 Å². The molecule has 0 spiro atoms. The number of carboxylic acids is 1. The number of carbonyl (C=O) groups is 1. The monoisotopic (exact) mass is 239 g/mol. The van der Waals surface area contributed by atoms with Crippen molar-refractivity contribution in [1.29, 1.82) is 0 Å². The van der Waals surface area contributed by atoms with Crippen LogP contribution in [0.15, 0.2) is 28.8 Å². The van der Waals surface area contributed by atoms with Gasteiger partial charge in [-0.3, -0.25) is 0 Å². The maximum absolute atomic E-state index is 10.9. The number of phenolic OH excluding ortho intramolecular Hbond substituents is 1. The summed E-state index contributed by atoms with van der Waals surface area (Å²) in [6, 6.07) is 6.01. The molecule has 0 atom stereocenters. The van der Waals surface area contributed by atoms with Crippen LogP contribution < -0.4 is 0 Å². The molecule has 0 aliphatic carbocycles. The number of carboxylic acid groups (broad SMARTS) is 1. The molecule has 6 heteroatoms. The van der Waals surface area contributed by atoms with Gasteiger partial charge in [0, 0.05) is 5.56 Å². The third-order valence-electron chi connectivity index (χ3n) is 1.98. The average molecular weight is 240 g/mol. The molecule has 0 saturated heterocycles. The molecular weight excluding hydrogens is 234 g/mol. The van der Waals surface area contributed by atoms with E-state index in [2.05, 4.69) is 9.68 Å². The number of nitrogens with zero attached hydrogens (tertiary/aromatic N) is 1. The average Bonchev–Trinajstić information content (AvgIpc) is 2.60. The van der Waals surface area contributed by atoms with Gasteiger partial charge in [0.05, 0.1) is 0 Å². The normalized spacial score (nSPS) is 10.3. The molecule has 0 radical (unpaired) electrons. The lowest BCUT2D eigenvalue weighted by atomic mass is 10.1. The number of hydrogen-bond donors (Lipinski definition) is 2. The molecule has 16 heavy (non-hydrogen) atoms. The number of benzene rings is 1. The van der Waals surface area contributed by atoms with Gasteiger partial charge in [-0.25, -0.2) is 4.79 Å². The second-order valence-corrected chi connectivity index (χ2v) is 3.38. The van der Waals surface area contributed by atoms with Crippen molar-refractivity contribution in [3.63, 3.8) is 0 Å². The minimum Gasteiger partial charge on any atom is -0.508 e. The number of hydrogen-bond acceptors (Lipinski definition) is 4. The van der Waals surface area contributed by atoms with E-state index in [4.69, 9.17) is 16.7 Å². The second-order valence-electron chi connectivity index (χ2n) is 3.04. The number of aromatic hydroxyl groups is 1. The summed E-state index contributed by atoms with van der Waals surface area (Å²) in [6.07, 6.45) is 0. The largest absolute Gasteiger partial charge is 0.508 e. The molecule has 0 aliphatic rings. The van der Waals surface area contributed by atoms with Crippen molar-refractivity contribution in [3.8, 4) is 17.0 Å². The molecule has 1 heterocycles. The van der Waals surface area contributed by atoms with Crippen LogP contribution in [0.25, 0.3) is 11.3 Å². The lowest BCUT2D eigenvalue weighted by Crippen LogP contribution is -1.97. The molecule has 1 aromatic carbocycles. The number of phenols is 1. The smallest absolute Gasteiger partial charge is 0.342 e. The Morgan fingerprint density at radius 3 is 2.81 bits per heavy atom. The summed E-state index contributed by atoms with van der Waals surface area (Å²) in [7, 11) is 0. The lowest BCUT2D eigenvalue weighted by Gasteiger charge is -1.98. The highest BCUT2D eigenvalue weighted by molar-refractivity contribution is 6.32. The van der Waals surface area contributed by atoms with Crippen molar-refractivity contribution < 1.29 is 19.5 Å². The highest BCUT2D eigenvalue weighted by Crippen LogP contribution is 2.30. The van der Waals surface area contributed by atoms with Crippen LogP contribution in [0.4, 0.5) is 0 Å². The minimum absolute atomic E-state index is 0.00737. The fraction of sp³-hybridized carbons (Fsp3) is 0. The van der Waals surface area contributed by atoms with Crippen LogP contribution in [-0.4, -0.2) is 21.3 Å². The van der Waals surface area contributed by atoms with Crippen molar-refractivity contribution in [2.75, 3.05) is 0 Å². The molecule has 0 bridgehead atoms. The fourth-order valence-corrected chi connectivity index (χ4v) is 1.51. The third kappa shape index (κ3) is 1.72. The maximum atomic E-state index is 10.9. The van der Waals surface area contributed by atoms with Crippen LogP contribution >= 0.6 is 11.6 Å². The molecule has 2 aromatic rings. The van der Waals surface area contributed by atoms with E-state index in [9.17, 15) is 9.90 Å². The van der Waals surface area contributed by atoms with Gasteiger partial charge in [-0.15, -0.1) is 0 Å². The van der Waals surface area contributed by atoms with E-state index in [0.29, 0.717) is 5.56 Å². The summed E-state index contributed by atoms with van der Waals surface area (Å²) in [5.41, 5.74) is 0.300. The highest BCUT2D eigenvalue weighted by atomic mass is 35.5. The quantitative estimate of drug-likeness (QED) is 0.841. The number of aromatic carboxylic acids is 1. The van der Waals surface area contributed by atoms with Crippen molar-refractivity contribution in [2.24, 2.45) is 0 Å². The molecule has 0 aliphatic heterocycles. The fourth-order valence-electron chi connectivity index (χ4n) is 1.31. The van der Waals surface area contributed by atoms with E-state index in [-0.39, 0.29) is 22.2 Å². The molecule has 2 N–H and O–H groups in total. The van der Waals surface area contributed by atoms with E-state index in [1.54, 1.807) is 12.1 Å². The first-order chi connectivity index (χ1) is 7.59. The van der Waals surface area contributed by atoms with Crippen LogP contribution in [0.1, 0.15) is 10.4 Å². The maximum Gasteiger partial charge on any atom is 0.342 e. The Morgan fingerprint density at radius 2 is 2.19 bits per heavy atom. The molecule has 0 saturated carbocycles. The van der Waals surface area contributed by atoms with Gasteiger partial charge in [0.2, 0.25) is 5.22 Å². The standard InChI is InChI=1S/C10H6ClNO4/c11-9-7(10(14)15)8(12-16-9)5-2-1-3-6(13)4-5/h1-4,13H,(H,14,15). The van der Waals surface area contributed by atoms with Gasteiger partial charge in [0.15, 0.2) is 0 Å². The van der Waals surface area contributed by atoms with Crippen molar-refractivity contribution >= 4 is 17.6 Å². The topological polar surface area (TPSA) is 83.6 Å². The molecule has 5 nitrogen and oxygen atoms in total. The van der Waals surface area contributed by atoms with Gasteiger partial charge in [-0.05, 0) is 23.7 Å². The first-order valence-corrected chi connectivity index (χ1v) is 4.65. The first kappa shape index (κ1) is 10.5. The van der Waals surface area contributed by atoms with E-state index in [0.717, 1.165) is 0 Å². The Hall–Kier alpha value is -2.01. The third-order valence-corrected chi connectivity index (χ3v) is 2.24. The Kier molecular flexibility index (Phi) is 2.54. The lowest BCUT2D eigenvalue weighted by molar-refractivity contribution is 0.0697. The van der Waals surface area contributed by atoms with Gasteiger partial charge < -0.3 is 14.7 Å². The SMILES string of the molecule is O=C(O)c1c(-c2cccc(O)c2)noc1Cl. The molecule has 0 unspecified atom stereocenters. The van der Waals surface area contributed by atoms with Crippen molar-refractivity contribution in [3.05, 3.63) is 35.0 Å². The molecule has 0 fully saturated rings. The van der Waals surface area contributed by atoms with Crippen molar-refractivity contribution in [2.45, 2.75) is 0 Å². The van der Waals surface area contributed by atoms with Crippen LogP contribution in [0, 0.1) is 0 Å². The number of aromatic nitrogens is 1. The Morgan fingerprint density at radius 1 is 1.44 bits per heavy atom. The van der Waals surface area contributed by atoms with Gasteiger partial charge in [-0.1, -0.05) is 17.3 Å². The summed E-state index contributed by atoms with van der Waals surface area (Å²) < 4.78 is 4.60. The molecular formula is C10H6ClNO4.